The molecular weight excluding hydrogens is 318 g/mol. The molecule has 5 heterocycles. The van der Waals surface area contributed by atoms with Gasteiger partial charge in [-0.15, -0.1) is 0 Å². The molecule has 2 aliphatic heterocycles. The van der Waals surface area contributed by atoms with Crippen molar-refractivity contribution >= 4 is 5.82 Å². The molecule has 2 aliphatic rings. The number of rotatable bonds is 2. The molecule has 7 nitrogen and oxygen atoms in total. The Morgan fingerprint density at radius 1 is 1.04 bits per heavy atom. The van der Waals surface area contributed by atoms with Crippen LogP contribution < -0.4 is 9.64 Å². The Morgan fingerprint density at radius 2 is 1.96 bits per heavy atom. The monoisotopic (exact) mass is 335 g/mol. The van der Waals surface area contributed by atoms with Crippen molar-refractivity contribution in [1.82, 2.24) is 19.7 Å². The number of ether oxygens (including phenoxy) is 2. The van der Waals surface area contributed by atoms with E-state index < -0.39 is 0 Å². The Bertz CT molecular complexity index is 900. The van der Waals surface area contributed by atoms with E-state index in [-0.39, 0.29) is 0 Å². The number of morpholine rings is 1. The summed E-state index contributed by atoms with van der Waals surface area (Å²) in [5.74, 6) is 1.61. The van der Waals surface area contributed by atoms with Crippen LogP contribution in [0.25, 0.3) is 16.9 Å². The molecule has 3 aromatic rings. The molecule has 0 bridgehead atoms. The molecule has 0 aromatic carbocycles. The SMILES string of the molecule is c1cnc2c(c1)-c1nn(-c3ccc(N4CCOCC4)nc3)cc1CO2. The van der Waals surface area contributed by atoms with Crippen LogP contribution in [0.2, 0.25) is 0 Å². The topological polar surface area (TPSA) is 65.3 Å². The zero-order valence-corrected chi connectivity index (χ0v) is 13.6. The lowest BCUT2D eigenvalue weighted by Gasteiger charge is -2.27. The fraction of sp³-hybridized carbons (Fsp3) is 0.278. The van der Waals surface area contributed by atoms with Crippen LogP contribution >= 0.6 is 0 Å². The van der Waals surface area contributed by atoms with Crippen LogP contribution in [0.3, 0.4) is 0 Å². The molecule has 5 rings (SSSR count). The second-order valence-corrected chi connectivity index (χ2v) is 6.07. The molecule has 0 amide bonds. The van der Waals surface area contributed by atoms with E-state index in [0.717, 1.165) is 54.6 Å². The van der Waals surface area contributed by atoms with Gasteiger partial charge in [0.15, 0.2) is 0 Å². The number of aromatic nitrogens is 4. The largest absolute Gasteiger partial charge is 0.472 e. The second kappa shape index (κ2) is 5.86. The molecule has 126 valence electrons. The van der Waals surface area contributed by atoms with Gasteiger partial charge in [0.1, 0.15) is 18.1 Å². The van der Waals surface area contributed by atoms with Crippen molar-refractivity contribution in [3.8, 4) is 22.8 Å². The van der Waals surface area contributed by atoms with Crippen molar-refractivity contribution in [3.05, 3.63) is 48.4 Å². The zero-order chi connectivity index (χ0) is 16.6. The molecule has 0 unspecified atom stereocenters. The van der Waals surface area contributed by atoms with Crippen LogP contribution in [-0.2, 0) is 11.3 Å². The predicted octanol–water partition coefficient (Wildman–Crippen LogP) is 2.06. The average molecular weight is 335 g/mol. The number of hydrogen-bond acceptors (Lipinski definition) is 6. The summed E-state index contributed by atoms with van der Waals surface area (Å²) in [7, 11) is 0. The highest BCUT2D eigenvalue weighted by molar-refractivity contribution is 5.69. The Morgan fingerprint density at radius 3 is 2.80 bits per heavy atom. The molecule has 0 N–H and O–H groups in total. The van der Waals surface area contributed by atoms with E-state index in [0.29, 0.717) is 12.5 Å². The van der Waals surface area contributed by atoms with Gasteiger partial charge >= 0.3 is 0 Å². The quantitative estimate of drug-likeness (QED) is 0.714. The lowest BCUT2D eigenvalue weighted by molar-refractivity contribution is 0.122. The molecule has 0 saturated carbocycles. The van der Waals surface area contributed by atoms with E-state index in [1.807, 2.05) is 41.3 Å². The van der Waals surface area contributed by atoms with Crippen molar-refractivity contribution < 1.29 is 9.47 Å². The van der Waals surface area contributed by atoms with Gasteiger partial charge in [0, 0.05) is 31.0 Å². The minimum Gasteiger partial charge on any atom is -0.472 e. The summed E-state index contributed by atoms with van der Waals surface area (Å²) < 4.78 is 12.9. The van der Waals surface area contributed by atoms with E-state index in [1.54, 1.807) is 6.20 Å². The predicted molar refractivity (Wildman–Crippen MR) is 92.0 cm³/mol. The van der Waals surface area contributed by atoms with Crippen molar-refractivity contribution in [3.63, 3.8) is 0 Å². The maximum absolute atomic E-state index is 5.70. The smallest absolute Gasteiger partial charge is 0.223 e. The molecule has 0 atom stereocenters. The van der Waals surface area contributed by atoms with Gasteiger partial charge in [-0.1, -0.05) is 0 Å². The lowest BCUT2D eigenvalue weighted by Crippen LogP contribution is -2.36. The molecule has 3 aromatic heterocycles. The van der Waals surface area contributed by atoms with Crippen LogP contribution in [0.1, 0.15) is 5.56 Å². The van der Waals surface area contributed by atoms with Gasteiger partial charge < -0.3 is 14.4 Å². The Hall–Kier alpha value is -2.93. The maximum Gasteiger partial charge on any atom is 0.223 e. The van der Waals surface area contributed by atoms with E-state index in [9.17, 15) is 0 Å². The van der Waals surface area contributed by atoms with Gasteiger partial charge in [-0.05, 0) is 24.3 Å². The molecule has 0 spiro atoms. The lowest BCUT2D eigenvalue weighted by atomic mass is 10.1. The first kappa shape index (κ1) is 14.4. The van der Waals surface area contributed by atoms with Crippen molar-refractivity contribution in [2.75, 3.05) is 31.2 Å². The van der Waals surface area contributed by atoms with Gasteiger partial charge in [0.2, 0.25) is 5.88 Å². The van der Waals surface area contributed by atoms with E-state index in [2.05, 4.69) is 14.9 Å². The minimum absolute atomic E-state index is 0.485. The van der Waals surface area contributed by atoms with Crippen molar-refractivity contribution in [2.24, 2.45) is 0 Å². The molecule has 25 heavy (non-hydrogen) atoms. The highest BCUT2D eigenvalue weighted by Gasteiger charge is 2.22. The summed E-state index contributed by atoms with van der Waals surface area (Å²) in [6.07, 6.45) is 5.58. The zero-order valence-electron chi connectivity index (χ0n) is 13.6. The number of hydrogen-bond donors (Lipinski definition) is 0. The second-order valence-electron chi connectivity index (χ2n) is 6.07. The van der Waals surface area contributed by atoms with Crippen LogP contribution in [0.5, 0.6) is 5.88 Å². The average Bonchev–Trinajstić information content (AvgIpc) is 3.14. The third-order valence-electron chi connectivity index (χ3n) is 4.51. The van der Waals surface area contributed by atoms with Gasteiger partial charge in [-0.2, -0.15) is 5.10 Å². The Kier molecular flexibility index (Phi) is 3.38. The van der Waals surface area contributed by atoms with E-state index in [1.165, 1.54) is 0 Å². The summed E-state index contributed by atoms with van der Waals surface area (Å²) in [4.78, 5) is 11.1. The van der Waals surface area contributed by atoms with Crippen molar-refractivity contribution in [1.29, 1.82) is 0 Å². The van der Waals surface area contributed by atoms with Gasteiger partial charge in [-0.25, -0.2) is 14.6 Å². The first-order valence-electron chi connectivity index (χ1n) is 8.34. The number of anilines is 1. The van der Waals surface area contributed by atoms with Crippen LogP contribution in [0.4, 0.5) is 5.82 Å². The summed E-state index contributed by atoms with van der Waals surface area (Å²) in [5, 5.41) is 4.73. The summed E-state index contributed by atoms with van der Waals surface area (Å²) in [6.45, 7) is 3.75. The highest BCUT2D eigenvalue weighted by atomic mass is 16.5. The number of pyridine rings is 2. The summed E-state index contributed by atoms with van der Waals surface area (Å²) in [5.41, 5.74) is 3.83. The van der Waals surface area contributed by atoms with Gasteiger partial charge in [-0.3, -0.25) is 0 Å². The van der Waals surface area contributed by atoms with E-state index >= 15 is 0 Å². The molecule has 0 radical (unpaired) electrons. The van der Waals surface area contributed by atoms with E-state index in [4.69, 9.17) is 14.6 Å². The minimum atomic E-state index is 0.485. The highest BCUT2D eigenvalue weighted by Crippen LogP contribution is 2.34. The maximum atomic E-state index is 5.70. The van der Waals surface area contributed by atoms with Crippen LogP contribution in [0, 0.1) is 0 Å². The Labute approximate surface area is 144 Å². The first-order chi connectivity index (χ1) is 12.4. The molecular formula is C18H17N5O2. The molecule has 1 saturated heterocycles. The summed E-state index contributed by atoms with van der Waals surface area (Å²) in [6, 6.07) is 7.96. The Balaban J connectivity index is 1.46. The van der Waals surface area contributed by atoms with Crippen LogP contribution in [-0.4, -0.2) is 46.1 Å². The standard InChI is InChI=1S/C18H17N5O2/c1-2-15-17-13(12-25-18(15)19-5-1)11-23(21-17)14-3-4-16(20-10-14)22-6-8-24-9-7-22/h1-5,10-11H,6-9,12H2. The van der Waals surface area contributed by atoms with Gasteiger partial charge in [0.05, 0.1) is 30.7 Å². The number of nitrogens with zero attached hydrogens (tertiary/aromatic N) is 5. The molecule has 0 aliphatic carbocycles. The van der Waals surface area contributed by atoms with Crippen molar-refractivity contribution in [2.45, 2.75) is 6.61 Å². The number of fused-ring (bicyclic) bond motifs is 3. The molecule has 1 fully saturated rings. The molecule has 7 heteroatoms. The third-order valence-corrected chi connectivity index (χ3v) is 4.51. The fourth-order valence-corrected chi connectivity index (χ4v) is 3.20. The van der Waals surface area contributed by atoms with Gasteiger partial charge in [0.25, 0.3) is 0 Å². The third kappa shape index (κ3) is 2.53. The first-order valence-corrected chi connectivity index (χ1v) is 8.34. The summed E-state index contributed by atoms with van der Waals surface area (Å²) >= 11 is 0. The van der Waals surface area contributed by atoms with Crippen LogP contribution in [0.15, 0.2) is 42.9 Å². The fourth-order valence-electron chi connectivity index (χ4n) is 3.20. The normalized spacial score (nSPS) is 16.1.